The van der Waals surface area contributed by atoms with Gasteiger partial charge >= 0.3 is 0 Å². The summed E-state index contributed by atoms with van der Waals surface area (Å²) in [4.78, 5) is 35.2. The number of hydrogen-bond donors (Lipinski definition) is 1. The quantitative estimate of drug-likeness (QED) is 0.640. The summed E-state index contributed by atoms with van der Waals surface area (Å²) in [7, 11) is 1.54. The smallest absolute Gasteiger partial charge is 0.258 e. The molecule has 1 aromatic rings. The molecular weight excluding hydrogens is 347 g/mol. The van der Waals surface area contributed by atoms with E-state index in [1.54, 1.807) is 24.3 Å². The van der Waals surface area contributed by atoms with Crippen molar-refractivity contribution in [2.45, 2.75) is 0 Å². The highest BCUT2D eigenvalue weighted by Gasteiger charge is 2.24. The summed E-state index contributed by atoms with van der Waals surface area (Å²) >= 11 is 0. The van der Waals surface area contributed by atoms with Crippen LogP contribution in [0.15, 0.2) is 36.4 Å². The third-order valence-corrected chi connectivity index (χ3v) is 2.42. The zero-order chi connectivity index (χ0) is 12.4. The molecule has 96 valence electrons. The van der Waals surface area contributed by atoms with Crippen LogP contribution in [0.1, 0.15) is 11.8 Å². The number of hydrogen-bond acceptors (Lipinski definition) is 3. The molecule has 0 aromatic heterocycles. The molecule has 1 aliphatic heterocycles. The highest BCUT2D eigenvalue weighted by molar-refractivity contribution is 14.0. The molecule has 18 heavy (non-hydrogen) atoms. The fourth-order valence-corrected chi connectivity index (χ4v) is 1.56. The summed E-state index contributed by atoms with van der Waals surface area (Å²) in [5.74, 6) is -0.959. The van der Waals surface area contributed by atoms with Crippen molar-refractivity contribution in [2.75, 3.05) is 11.9 Å². The number of anilines is 1. The number of carbonyl (C=O) groups excluding carboxylic acids is 3. The highest BCUT2D eigenvalue weighted by atomic mass is 127. The van der Waals surface area contributed by atoms with Gasteiger partial charge in [0.2, 0.25) is 0 Å². The number of imide groups is 1. The molecule has 0 saturated carbocycles. The molecule has 0 atom stereocenters. The van der Waals surface area contributed by atoms with E-state index in [1.165, 1.54) is 19.2 Å². The molecule has 0 bridgehead atoms. The Kier molecular flexibility index (Phi) is 4.60. The van der Waals surface area contributed by atoms with Gasteiger partial charge in [0.25, 0.3) is 17.7 Å². The third-order valence-electron chi connectivity index (χ3n) is 2.42. The zero-order valence-corrected chi connectivity index (χ0v) is 11.9. The van der Waals surface area contributed by atoms with Gasteiger partial charge in [0, 0.05) is 26.2 Å². The van der Waals surface area contributed by atoms with Crippen molar-refractivity contribution >= 4 is 47.4 Å². The van der Waals surface area contributed by atoms with E-state index < -0.39 is 0 Å². The fraction of sp³-hybridized carbons (Fsp3) is 0.0833. The molecule has 1 aliphatic rings. The lowest BCUT2D eigenvalue weighted by atomic mass is 10.2. The fourth-order valence-electron chi connectivity index (χ4n) is 1.56. The van der Waals surface area contributed by atoms with Crippen LogP contribution in [0, 0.1) is 0 Å². The molecule has 0 saturated heterocycles. The lowest BCUT2D eigenvalue weighted by Gasteiger charge is -2.13. The topological polar surface area (TPSA) is 66.5 Å². The number of halogens is 1. The molecular formula is C12H13IN2O3. The molecule has 0 spiro atoms. The van der Waals surface area contributed by atoms with Crippen molar-refractivity contribution in [1.82, 2.24) is 5.32 Å². The number of amides is 3. The van der Waals surface area contributed by atoms with Crippen LogP contribution in [-0.2, 0) is 9.59 Å². The van der Waals surface area contributed by atoms with E-state index in [0.29, 0.717) is 11.3 Å². The first-order chi connectivity index (χ1) is 8.13. The molecule has 2 rings (SSSR count). The molecule has 1 heterocycles. The Morgan fingerprint density at radius 3 is 2.06 bits per heavy atom. The van der Waals surface area contributed by atoms with Crippen LogP contribution in [0.5, 0.6) is 0 Å². The molecule has 0 unspecified atom stereocenters. The van der Waals surface area contributed by atoms with Crippen molar-refractivity contribution < 1.29 is 15.8 Å². The number of rotatable bonds is 2. The molecule has 6 heteroatoms. The first kappa shape index (κ1) is 14.4. The summed E-state index contributed by atoms with van der Waals surface area (Å²) in [6.07, 6.45) is 2.43. The van der Waals surface area contributed by atoms with E-state index in [0.717, 1.165) is 4.90 Å². The van der Waals surface area contributed by atoms with Crippen LogP contribution in [0.25, 0.3) is 0 Å². The normalized spacial score (nSPS) is 13.5. The minimum Gasteiger partial charge on any atom is -0.355 e. The SMILES string of the molecule is CNC(=O)c1ccc(N2C(=O)C=CC2=O)cc1.I.[HH]. The van der Waals surface area contributed by atoms with Crippen LogP contribution in [-0.4, -0.2) is 24.8 Å². The van der Waals surface area contributed by atoms with Crippen LogP contribution < -0.4 is 10.2 Å². The van der Waals surface area contributed by atoms with E-state index in [-0.39, 0.29) is 43.1 Å². The molecule has 1 N–H and O–H groups in total. The van der Waals surface area contributed by atoms with E-state index in [1.807, 2.05) is 0 Å². The van der Waals surface area contributed by atoms with Gasteiger partial charge in [-0.25, -0.2) is 4.90 Å². The Morgan fingerprint density at radius 2 is 1.61 bits per heavy atom. The first-order valence-corrected chi connectivity index (χ1v) is 5.02. The molecule has 5 nitrogen and oxygen atoms in total. The Bertz CT molecular complexity index is 510. The van der Waals surface area contributed by atoms with Gasteiger partial charge in [-0.1, -0.05) is 0 Å². The van der Waals surface area contributed by atoms with Gasteiger partial charge in [-0.05, 0) is 24.3 Å². The average Bonchev–Trinajstić information content (AvgIpc) is 2.68. The Hall–Kier alpha value is -1.70. The van der Waals surface area contributed by atoms with Crippen molar-refractivity contribution in [3.63, 3.8) is 0 Å². The number of nitrogens with one attached hydrogen (secondary N) is 1. The molecule has 0 aliphatic carbocycles. The molecule has 1 aromatic carbocycles. The largest absolute Gasteiger partial charge is 0.355 e. The monoisotopic (exact) mass is 360 g/mol. The second-order valence-corrected chi connectivity index (χ2v) is 3.47. The lowest BCUT2D eigenvalue weighted by Crippen LogP contribution is -2.29. The Morgan fingerprint density at radius 1 is 1.11 bits per heavy atom. The van der Waals surface area contributed by atoms with Crippen molar-refractivity contribution in [3.05, 3.63) is 42.0 Å². The summed E-state index contributed by atoms with van der Waals surface area (Å²) in [6.45, 7) is 0. The zero-order valence-electron chi connectivity index (χ0n) is 9.54. The average molecular weight is 360 g/mol. The van der Waals surface area contributed by atoms with Gasteiger partial charge in [-0.2, -0.15) is 0 Å². The number of carbonyl (C=O) groups is 3. The maximum Gasteiger partial charge on any atom is 0.258 e. The highest BCUT2D eigenvalue weighted by Crippen LogP contribution is 2.19. The van der Waals surface area contributed by atoms with Gasteiger partial charge in [0.05, 0.1) is 5.69 Å². The van der Waals surface area contributed by atoms with E-state index >= 15 is 0 Å². The van der Waals surface area contributed by atoms with E-state index in [9.17, 15) is 14.4 Å². The number of benzene rings is 1. The van der Waals surface area contributed by atoms with Crippen molar-refractivity contribution in [3.8, 4) is 0 Å². The van der Waals surface area contributed by atoms with Crippen molar-refractivity contribution in [1.29, 1.82) is 0 Å². The predicted molar refractivity (Wildman–Crippen MR) is 79.0 cm³/mol. The van der Waals surface area contributed by atoms with Crippen LogP contribution in [0.3, 0.4) is 0 Å². The maximum absolute atomic E-state index is 11.4. The van der Waals surface area contributed by atoms with E-state index in [2.05, 4.69) is 5.32 Å². The van der Waals surface area contributed by atoms with Crippen LogP contribution in [0.2, 0.25) is 0 Å². The van der Waals surface area contributed by atoms with Crippen molar-refractivity contribution in [2.24, 2.45) is 0 Å². The summed E-state index contributed by atoms with van der Waals surface area (Å²) in [6, 6.07) is 6.25. The minimum atomic E-state index is -0.373. The van der Waals surface area contributed by atoms with Gasteiger partial charge in [-0.3, -0.25) is 14.4 Å². The minimum absolute atomic E-state index is 0. The van der Waals surface area contributed by atoms with Gasteiger partial charge in [0.1, 0.15) is 0 Å². The van der Waals surface area contributed by atoms with Gasteiger partial charge in [0.15, 0.2) is 0 Å². The molecule has 0 fully saturated rings. The number of nitrogens with zero attached hydrogens (tertiary/aromatic N) is 1. The second-order valence-electron chi connectivity index (χ2n) is 3.47. The van der Waals surface area contributed by atoms with Gasteiger partial charge < -0.3 is 5.32 Å². The lowest BCUT2D eigenvalue weighted by molar-refractivity contribution is -0.119. The Labute approximate surface area is 122 Å². The standard InChI is InChI=1S/C12H10N2O3.HI.H2/c1-13-12(17)8-2-4-9(5-3-8)14-10(15)6-7-11(14)16;;/h2-7H,1H3,(H,13,17);2*1H. The predicted octanol–water partition coefficient (Wildman–Crippen LogP) is 1.34. The first-order valence-electron chi connectivity index (χ1n) is 5.02. The summed E-state index contributed by atoms with van der Waals surface area (Å²) < 4.78 is 0. The molecule has 0 radical (unpaired) electrons. The molecule has 3 amide bonds. The summed E-state index contributed by atoms with van der Waals surface area (Å²) in [5.41, 5.74) is 0.931. The van der Waals surface area contributed by atoms with Crippen LogP contribution >= 0.6 is 24.0 Å². The van der Waals surface area contributed by atoms with E-state index in [4.69, 9.17) is 0 Å². The maximum atomic E-state index is 11.4. The third kappa shape index (κ3) is 2.58. The Balaban J connectivity index is 0.00000162. The van der Waals surface area contributed by atoms with Crippen LogP contribution in [0.4, 0.5) is 5.69 Å². The second kappa shape index (κ2) is 5.76. The summed E-state index contributed by atoms with van der Waals surface area (Å²) in [5, 5.41) is 2.49. The van der Waals surface area contributed by atoms with Gasteiger partial charge in [-0.15, -0.1) is 24.0 Å².